The molecule has 390 valence electrons. The average Bonchev–Trinajstić information content (AvgIpc) is 4.03. The molecule has 0 radical (unpaired) electrons. The number of hydrogen-bond acceptors (Lipinski definition) is 1. The molecule has 0 unspecified atom stereocenters. The van der Waals surface area contributed by atoms with Gasteiger partial charge in [0.15, 0.2) is 0 Å². The van der Waals surface area contributed by atoms with Crippen molar-refractivity contribution in [2.75, 3.05) is 4.90 Å². The van der Waals surface area contributed by atoms with Gasteiger partial charge in [0.2, 0.25) is 0 Å². The summed E-state index contributed by atoms with van der Waals surface area (Å²) < 4.78 is 2.49. The first kappa shape index (κ1) is 50.5. The minimum absolute atomic E-state index is 0.0772. The van der Waals surface area contributed by atoms with Crippen LogP contribution in [0.1, 0.15) is 83.2 Å². The van der Waals surface area contributed by atoms with Gasteiger partial charge in [-0.15, -0.1) is 0 Å². The van der Waals surface area contributed by atoms with Crippen LogP contribution in [0.4, 0.5) is 17.1 Å². The lowest BCUT2D eigenvalue weighted by atomic mass is 9.82. The van der Waals surface area contributed by atoms with Gasteiger partial charge in [0.1, 0.15) is 0 Å². The fraction of sp³-hybridized carbons (Fsp3) is 0.154. The van der Waals surface area contributed by atoms with Crippen molar-refractivity contribution in [3.8, 4) is 72.4 Å². The van der Waals surface area contributed by atoms with E-state index in [1.807, 2.05) is 0 Å². The molecule has 2 nitrogen and oxygen atoms in total. The smallest absolute Gasteiger partial charge is 0.0541 e. The quantitative estimate of drug-likeness (QED) is 0.140. The molecular formula is C78H68N2. The maximum atomic E-state index is 2.49. The number of fused-ring (bicyclic) bond motifs is 6. The monoisotopic (exact) mass is 1030 g/mol. The standard InChI is InChI=1S/C78H68N2/c1-51-23-25-55(26-24-51)58-43-59(56-27-34-62(35-28-56)76(2,3)4)45-60(44-58)61-46-63(77(5,6)7)49-67(47-61)80-74-22-16-14-20-70(74)71-48-57(33-42-75(71)80)54-31-38-65(39-32-54)79(64-36-29-53(30-37-64)52-17-11-10-12-18-52)66-40-41-69-68-19-13-15-21-72(68)78(8,9)73(69)50-66/h10-50H,1-9H3. The zero-order chi connectivity index (χ0) is 55.1. The number of aromatic nitrogens is 1. The molecule has 1 aliphatic carbocycles. The number of rotatable bonds is 9. The van der Waals surface area contributed by atoms with Crippen molar-refractivity contribution in [1.29, 1.82) is 0 Å². The van der Waals surface area contributed by atoms with E-state index in [9.17, 15) is 0 Å². The maximum Gasteiger partial charge on any atom is 0.0541 e. The van der Waals surface area contributed by atoms with Crippen LogP contribution in [0, 0.1) is 6.92 Å². The highest BCUT2D eigenvalue weighted by Gasteiger charge is 2.36. The van der Waals surface area contributed by atoms with E-state index in [2.05, 4.69) is 321 Å². The molecule has 12 aromatic rings. The zero-order valence-electron chi connectivity index (χ0n) is 47.6. The van der Waals surface area contributed by atoms with Crippen molar-refractivity contribution in [3.63, 3.8) is 0 Å². The van der Waals surface area contributed by atoms with Crippen molar-refractivity contribution in [2.24, 2.45) is 0 Å². The molecule has 1 aliphatic rings. The highest BCUT2D eigenvalue weighted by Crippen LogP contribution is 2.51. The summed E-state index contributed by atoms with van der Waals surface area (Å²) in [5.41, 5.74) is 28.0. The van der Waals surface area contributed by atoms with Gasteiger partial charge in [-0.3, -0.25) is 0 Å². The van der Waals surface area contributed by atoms with Crippen LogP contribution >= 0.6 is 0 Å². The third-order valence-corrected chi connectivity index (χ3v) is 17.0. The summed E-state index contributed by atoms with van der Waals surface area (Å²) in [5, 5.41) is 2.46. The molecule has 0 saturated carbocycles. The first-order valence-corrected chi connectivity index (χ1v) is 28.4. The Morgan fingerprint density at radius 3 is 1.45 bits per heavy atom. The predicted octanol–water partition coefficient (Wildman–Crippen LogP) is 21.8. The van der Waals surface area contributed by atoms with Gasteiger partial charge < -0.3 is 9.47 Å². The maximum absolute atomic E-state index is 2.49. The Labute approximate surface area is 473 Å². The number of hydrogen-bond donors (Lipinski definition) is 0. The molecule has 0 atom stereocenters. The highest BCUT2D eigenvalue weighted by molar-refractivity contribution is 6.10. The van der Waals surface area contributed by atoms with Crippen LogP contribution in [-0.2, 0) is 16.2 Å². The van der Waals surface area contributed by atoms with Crippen molar-refractivity contribution >= 4 is 38.9 Å². The van der Waals surface area contributed by atoms with E-state index in [1.54, 1.807) is 0 Å². The SMILES string of the molecule is Cc1ccc(-c2cc(-c3ccc(C(C)(C)C)cc3)cc(-c3cc(-n4c5ccccc5c5cc(-c6ccc(N(c7ccc(-c8ccccc8)cc7)c7ccc8c(c7)C(C)(C)c7ccccc7-8)cc6)ccc54)cc(C(C)(C)C)c3)c2)cc1. The molecule has 0 N–H and O–H groups in total. The molecule has 13 rings (SSSR count). The van der Waals surface area contributed by atoms with Gasteiger partial charge in [0.25, 0.3) is 0 Å². The number of benzene rings is 11. The van der Waals surface area contributed by atoms with E-state index in [1.165, 1.54) is 116 Å². The molecule has 0 spiro atoms. The van der Waals surface area contributed by atoms with E-state index < -0.39 is 0 Å². The molecule has 0 bridgehead atoms. The van der Waals surface area contributed by atoms with Crippen molar-refractivity contribution in [1.82, 2.24) is 4.57 Å². The van der Waals surface area contributed by atoms with E-state index in [0.717, 1.165) is 22.7 Å². The molecule has 0 fully saturated rings. The van der Waals surface area contributed by atoms with Crippen molar-refractivity contribution in [3.05, 3.63) is 277 Å². The van der Waals surface area contributed by atoms with E-state index in [4.69, 9.17) is 0 Å². The average molecular weight is 1030 g/mol. The summed E-state index contributed by atoms with van der Waals surface area (Å²) >= 11 is 0. The van der Waals surface area contributed by atoms with Gasteiger partial charge in [0, 0.05) is 38.9 Å². The van der Waals surface area contributed by atoms with Crippen molar-refractivity contribution < 1.29 is 0 Å². The molecule has 0 aliphatic heterocycles. The van der Waals surface area contributed by atoms with Gasteiger partial charge in [0.05, 0.1) is 11.0 Å². The van der Waals surface area contributed by atoms with Crippen LogP contribution in [0.15, 0.2) is 249 Å². The van der Waals surface area contributed by atoms with Crippen LogP contribution < -0.4 is 4.90 Å². The minimum Gasteiger partial charge on any atom is -0.310 e. The fourth-order valence-electron chi connectivity index (χ4n) is 12.3. The Balaban J connectivity index is 0.903. The summed E-state index contributed by atoms with van der Waals surface area (Å²) in [6, 6.07) is 93.3. The Kier molecular flexibility index (Phi) is 12.3. The van der Waals surface area contributed by atoms with Gasteiger partial charge >= 0.3 is 0 Å². The number of para-hydroxylation sites is 1. The Hall–Kier alpha value is -8.98. The highest BCUT2D eigenvalue weighted by atomic mass is 15.1. The molecule has 2 heteroatoms. The Morgan fingerprint density at radius 2 is 0.800 bits per heavy atom. The number of aryl methyl sites for hydroxylation is 1. The number of nitrogens with zero attached hydrogens (tertiary/aromatic N) is 2. The summed E-state index contributed by atoms with van der Waals surface area (Å²) in [4.78, 5) is 2.42. The Bertz CT molecular complexity index is 4290. The Morgan fingerprint density at radius 1 is 0.325 bits per heavy atom. The van der Waals surface area contributed by atoms with Gasteiger partial charge in [-0.2, -0.15) is 0 Å². The largest absolute Gasteiger partial charge is 0.310 e. The first-order valence-electron chi connectivity index (χ1n) is 28.4. The van der Waals surface area contributed by atoms with Gasteiger partial charge in [-0.05, 0) is 192 Å². The van der Waals surface area contributed by atoms with Crippen LogP contribution in [0.5, 0.6) is 0 Å². The molecule has 0 saturated heterocycles. The van der Waals surface area contributed by atoms with Crippen molar-refractivity contribution in [2.45, 2.75) is 78.6 Å². The summed E-state index contributed by atoms with van der Waals surface area (Å²) in [6.07, 6.45) is 0. The normalized spacial score (nSPS) is 12.9. The molecule has 1 heterocycles. The van der Waals surface area contributed by atoms with E-state index in [0.29, 0.717) is 0 Å². The van der Waals surface area contributed by atoms with E-state index in [-0.39, 0.29) is 16.2 Å². The summed E-state index contributed by atoms with van der Waals surface area (Å²) in [7, 11) is 0. The van der Waals surface area contributed by atoms with Crippen LogP contribution in [0.2, 0.25) is 0 Å². The third-order valence-electron chi connectivity index (χ3n) is 17.0. The fourth-order valence-corrected chi connectivity index (χ4v) is 12.3. The molecular weight excluding hydrogens is 965 g/mol. The van der Waals surface area contributed by atoms with Crippen LogP contribution in [-0.4, -0.2) is 4.57 Å². The second-order valence-electron chi connectivity index (χ2n) is 24.8. The van der Waals surface area contributed by atoms with Gasteiger partial charge in [-0.1, -0.05) is 225 Å². The minimum atomic E-state index is -0.119. The molecule has 1 aromatic heterocycles. The molecule has 80 heavy (non-hydrogen) atoms. The lowest BCUT2D eigenvalue weighted by Gasteiger charge is -2.28. The third kappa shape index (κ3) is 9.13. The lowest BCUT2D eigenvalue weighted by Crippen LogP contribution is -2.16. The number of anilines is 3. The summed E-state index contributed by atoms with van der Waals surface area (Å²) in [6.45, 7) is 20.7. The topological polar surface area (TPSA) is 8.17 Å². The van der Waals surface area contributed by atoms with E-state index >= 15 is 0 Å². The second kappa shape index (κ2) is 19.4. The zero-order valence-corrected chi connectivity index (χ0v) is 47.6. The van der Waals surface area contributed by atoms with Crippen LogP contribution in [0.25, 0.3) is 94.3 Å². The second-order valence-corrected chi connectivity index (χ2v) is 24.8. The van der Waals surface area contributed by atoms with Crippen LogP contribution in [0.3, 0.4) is 0 Å². The predicted molar refractivity (Wildman–Crippen MR) is 342 cm³/mol. The lowest BCUT2D eigenvalue weighted by molar-refractivity contribution is 0.590. The molecule has 0 amide bonds. The van der Waals surface area contributed by atoms with Gasteiger partial charge in [-0.25, -0.2) is 0 Å². The first-order chi connectivity index (χ1) is 38.5. The summed E-state index contributed by atoms with van der Waals surface area (Å²) in [5.74, 6) is 0. The molecule has 11 aromatic carbocycles.